The number of ether oxygens (including phenoxy) is 3. The summed E-state index contributed by atoms with van der Waals surface area (Å²) in [6.45, 7) is 6.25. The number of carbonyl (C=O) groups excluding carboxylic acids is 2. The van der Waals surface area contributed by atoms with E-state index in [0.29, 0.717) is 72.1 Å². The van der Waals surface area contributed by atoms with Gasteiger partial charge >= 0.3 is 0 Å². The maximum absolute atomic E-state index is 13.8. The molecule has 1 fully saturated rings. The van der Waals surface area contributed by atoms with Gasteiger partial charge in [-0.2, -0.15) is 0 Å². The molecule has 3 aliphatic rings. The Kier molecular flexibility index (Phi) is 9.51. The van der Waals surface area contributed by atoms with Crippen LogP contribution in [-0.4, -0.2) is 45.7 Å². The van der Waals surface area contributed by atoms with E-state index in [1.807, 2.05) is 12.1 Å². The number of amides is 2. The highest BCUT2D eigenvalue weighted by Gasteiger charge is 2.36. The zero-order valence-corrected chi connectivity index (χ0v) is 26.6. The van der Waals surface area contributed by atoms with E-state index in [4.69, 9.17) is 14.2 Å². The van der Waals surface area contributed by atoms with Crippen LogP contribution in [0.15, 0.2) is 41.2 Å². The van der Waals surface area contributed by atoms with Crippen molar-refractivity contribution in [1.29, 1.82) is 0 Å². The van der Waals surface area contributed by atoms with Gasteiger partial charge < -0.3 is 30.2 Å². The second-order valence-electron chi connectivity index (χ2n) is 12.7. The van der Waals surface area contributed by atoms with E-state index in [-0.39, 0.29) is 23.2 Å². The number of carbonyl (C=O) groups is 2. The van der Waals surface area contributed by atoms with Gasteiger partial charge in [-0.15, -0.1) is 0 Å². The van der Waals surface area contributed by atoms with E-state index in [2.05, 4.69) is 41.9 Å². The Hall–Kier alpha value is -4.01. The van der Waals surface area contributed by atoms with E-state index >= 15 is 0 Å². The zero-order chi connectivity index (χ0) is 31.5. The Morgan fingerprint density at radius 1 is 1.00 bits per heavy atom. The van der Waals surface area contributed by atoms with Crippen LogP contribution in [0.1, 0.15) is 63.6 Å². The summed E-state index contributed by atoms with van der Waals surface area (Å²) in [6, 6.07) is 6.13. The number of methoxy groups -OCH3 is 3. The predicted octanol–water partition coefficient (Wildman–Crippen LogP) is 5.02. The fourth-order valence-corrected chi connectivity index (χ4v) is 7.20. The number of benzene rings is 1. The van der Waals surface area contributed by atoms with E-state index in [9.17, 15) is 14.4 Å². The lowest BCUT2D eigenvalue weighted by molar-refractivity contribution is -0.122. The molecule has 3 N–H and O–H groups in total. The lowest BCUT2D eigenvalue weighted by Gasteiger charge is -2.23. The molecule has 5 atom stereocenters. The van der Waals surface area contributed by atoms with Gasteiger partial charge in [-0.05, 0) is 90.7 Å². The van der Waals surface area contributed by atoms with Crippen molar-refractivity contribution in [2.24, 2.45) is 23.7 Å². The molecule has 9 nitrogen and oxygen atoms in total. The minimum Gasteiger partial charge on any atom is -0.493 e. The van der Waals surface area contributed by atoms with Crippen molar-refractivity contribution in [3.05, 3.63) is 57.8 Å². The number of anilines is 1. The van der Waals surface area contributed by atoms with Gasteiger partial charge in [-0.25, -0.2) is 0 Å². The number of allylic oxidation sites excluding steroid dienone is 2. The van der Waals surface area contributed by atoms with Crippen LogP contribution in [0.2, 0.25) is 0 Å². The molecular weight excluding hydrogens is 558 g/mol. The summed E-state index contributed by atoms with van der Waals surface area (Å²) in [6.07, 6.45) is 8.65. The maximum Gasteiger partial charge on any atom is 0.242 e. The van der Waals surface area contributed by atoms with Crippen molar-refractivity contribution in [2.75, 3.05) is 33.2 Å². The van der Waals surface area contributed by atoms with Crippen LogP contribution >= 0.6 is 0 Å². The van der Waals surface area contributed by atoms with Gasteiger partial charge in [0.05, 0.1) is 33.1 Å². The Morgan fingerprint density at radius 3 is 2.39 bits per heavy atom. The second-order valence-corrected chi connectivity index (χ2v) is 12.7. The average Bonchev–Trinajstić information content (AvgIpc) is 3.55. The van der Waals surface area contributed by atoms with Gasteiger partial charge in [0.1, 0.15) is 6.04 Å². The highest BCUT2D eigenvalue weighted by atomic mass is 16.5. The molecule has 44 heavy (non-hydrogen) atoms. The highest BCUT2D eigenvalue weighted by Crippen LogP contribution is 2.50. The fourth-order valence-electron chi connectivity index (χ4n) is 7.20. The van der Waals surface area contributed by atoms with Gasteiger partial charge in [-0.1, -0.05) is 32.1 Å². The Morgan fingerprint density at radius 2 is 1.77 bits per heavy atom. The lowest BCUT2D eigenvalue weighted by Crippen LogP contribution is -2.43. The molecule has 2 aromatic rings. The molecule has 0 saturated heterocycles. The molecule has 0 heterocycles. The van der Waals surface area contributed by atoms with Crippen LogP contribution < -0.4 is 35.6 Å². The number of nitrogens with one attached hydrogen (secondary N) is 3. The van der Waals surface area contributed by atoms with Crippen molar-refractivity contribution in [3.8, 4) is 28.4 Å². The minimum absolute atomic E-state index is 0.0992. The number of hydrogen-bond donors (Lipinski definition) is 3. The molecule has 2 aromatic carbocycles. The molecule has 5 rings (SSSR count). The smallest absolute Gasteiger partial charge is 0.242 e. The summed E-state index contributed by atoms with van der Waals surface area (Å²) >= 11 is 0. The Balaban J connectivity index is 1.53. The normalized spacial score (nSPS) is 22.0. The first-order chi connectivity index (χ1) is 21.1. The average molecular weight is 604 g/mol. The lowest BCUT2D eigenvalue weighted by atomic mass is 9.93. The van der Waals surface area contributed by atoms with E-state index in [0.717, 1.165) is 23.1 Å². The number of hydrogen-bond acceptors (Lipinski definition) is 7. The third-order valence-electron chi connectivity index (χ3n) is 9.22. The van der Waals surface area contributed by atoms with Gasteiger partial charge in [0.25, 0.3) is 0 Å². The van der Waals surface area contributed by atoms with Crippen LogP contribution in [0.5, 0.6) is 17.2 Å². The number of aryl methyl sites for hydroxylation is 1. The van der Waals surface area contributed by atoms with Crippen molar-refractivity contribution < 1.29 is 23.8 Å². The SMILES string of the molecule is COc1cc2c(c(OC)c1OC)-c1ccc(N[C@@H](CC(C)C)C(=O)NC[C@@H]3C[C@@H]4C=C[C@H]3C4)c(=O)cc1[C@@H](NC(C)=O)CC2. The standard InChI is InChI=1S/C35H45N3O6/c1-19(2)13-29(35(41)36-18-24-15-21-7-8-22(24)14-21)38-28-12-10-25-26(17-30(28)40)27(37-20(3)39)11-9-23-16-31(42-4)33(43-5)34(44-6)32(23)25/h7-8,10,12,16-17,19,21-22,24,27,29H,9,11,13-15,18H2,1-6H3,(H,36,41)(H,37,39)(H,38,40)/t21-,22+,24+,27+,29+/m1/s1. The molecule has 1 saturated carbocycles. The molecule has 9 heteroatoms. The monoisotopic (exact) mass is 603 g/mol. The molecule has 236 valence electrons. The number of rotatable bonds is 11. The summed E-state index contributed by atoms with van der Waals surface area (Å²) in [7, 11) is 4.71. The quantitative estimate of drug-likeness (QED) is 0.309. The summed E-state index contributed by atoms with van der Waals surface area (Å²) in [4.78, 5) is 39.6. The molecule has 0 radical (unpaired) electrons. The van der Waals surface area contributed by atoms with Crippen molar-refractivity contribution >= 4 is 17.5 Å². The molecule has 0 aliphatic heterocycles. The van der Waals surface area contributed by atoms with E-state index in [1.165, 1.54) is 13.3 Å². The van der Waals surface area contributed by atoms with Crippen molar-refractivity contribution in [3.63, 3.8) is 0 Å². The van der Waals surface area contributed by atoms with Gasteiger partial charge in [0.15, 0.2) is 11.5 Å². The Bertz CT molecular complexity index is 1500. The molecule has 0 unspecified atom stereocenters. The molecule has 3 aliphatic carbocycles. The van der Waals surface area contributed by atoms with Crippen LogP contribution in [-0.2, 0) is 16.0 Å². The van der Waals surface area contributed by atoms with E-state index in [1.54, 1.807) is 33.5 Å². The van der Waals surface area contributed by atoms with Crippen LogP contribution in [0.3, 0.4) is 0 Å². The predicted molar refractivity (Wildman–Crippen MR) is 171 cm³/mol. The van der Waals surface area contributed by atoms with Gasteiger partial charge in [0, 0.05) is 19.0 Å². The first-order valence-electron chi connectivity index (χ1n) is 15.6. The Labute approximate surface area is 259 Å². The van der Waals surface area contributed by atoms with Crippen LogP contribution in [0.4, 0.5) is 5.69 Å². The van der Waals surface area contributed by atoms with Crippen molar-refractivity contribution in [2.45, 2.75) is 65.0 Å². The fraction of sp³-hybridized carbons (Fsp3) is 0.514. The van der Waals surface area contributed by atoms with E-state index < -0.39 is 12.1 Å². The summed E-state index contributed by atoms with van der Waals surface area (Å²) in [5.41, 5.74) is 3.22. The highest BCUT2D eigenvalue weighted by molar-refractivity contribution is 5.86. The zero-order valence-electron chi connectivity index (χ0n) is 26.6. The second kappa shape index (κ2) is 13.3. The summed E-state index contributed by atoms with van der Waals surface area (Å²) in [5, 5.41) is 9.51. The first kappa shape index (κ1) is 31.4. The third kappa shape index (κ3) is 6.42. The van der Waals surface area contributed by atoms with Gasteiger partial charge in [-0.3, -0.25) is 14.4 Å². The maximum atomic E-state index is 13.8. The minimum atomic E-state index is -0.573. The topological polar surface area (TPSA) is 115 Å². The first-order valence-corrected chi connectivity index (χ1v) is 15.6. The summed E-state index contributed by atoms with van der Waals surface area (Å²) in [5.74, 6) is 3.07. The third-order valence-corrected chi connectivity index (χ3v) is 9.22. The largest absolute Gasteiger partial charge is 0.493 e. The molecule has 0 spiro atoms. The van der Waals surface area contributed by atoms with Crippen molar-refractivity contribution in [1.82, 2.24) is 10.6 Å². The molecular formula is C35H45N3O6. The molecule has 0 aromatic heterocycles. The van der Waals surface area contributed by atoms with Crippen LogP contribution in [0, 0.1) is 23.7 Å². The molecule has 2 amide bonds. The number of fused-ring (bicyclic) bond motifs is 5. The van der Waals surface area contributed by atoms with Gasteiger partial charge in [0.2, 0.25) is 23.0 Å². The molecule has 2 bridgehead atoms. The van der Waals surface area contributed by atoms with Crippen LogP contribution in [0.25, 0.3) is 11.1 Å². The summed E-state index contributed by atoms with van der Waals surface area (Å²) < 4.78 is 17.2.